The van der Waals surface area contributed by atoms with E-state index < -0.39 is 0 Å². The number of nitrogens with zero attached hydrogens (tertiary/aromatic N) is 1. The highest BCUT2D eigenvalue weighted by molar-refractivity contribution is 4.49. The van der Waals surface area contributed by atoms with Crippen molar-refractivity contribution in [1.82, 2.24) is 5.27 Å². The second-order valence-corrected chi connectivity index (χ2v) is 3.02. The van der Waals surface area contributed by atoms with Gasteiger partial charge in [-0.3, -0.25) is 4.52 Å². The smallest absolute Gasteiger partial charge is 0.284 e. The molecule has 0 aromatic carbocycles. The SMILES string of the molecule is CC(C)CC[n+]1cc(=O)o[nH]1. The van der Waals surface area contributed by atoms with Crippen LogP contribution in [0, 0.1) is 5.92 Å². The third-order valence-electron chi connectivity index (χ3n) is 1.47. The molecule has 0 spiro atoms. The molecule has 1 rings (SSSR count). The summed E-state index contributed by atoms with van der Waals surface area (Å²) in [6.45, 7) is 5.08. The number of hydrogen-bond donors (Lipinski definition) is 1. The molecule has 1 aromatic heterocycles. The molecule has 0 amide bonds. The largest absolute Gasteiger partial charge is 0.426 e. The standard InChI is InChI=1S/C7H12N2O2/c1-6(2)3-4-9-5-7(10)11-8-9/h5-6H,3-4H2,1-2H3/p+1. The van der Waals surface area contributed by atoms with Crippen LogP contribution in [0.25, 0.3) is 0 Å². The number of aryl methyl sites for hydroxylation is 1. The Kier molecular flexibility index (Phi) is 2.46. The summed E-state index contributed by atoms with van der Waals surface area (Å²) < 4.78 is 6.13. The molecule has 4 heteroatoms. The van der Waals surface area contributed by atoms with E-state index in [2.05, 4.69) is 23.6 Å². The second-order valence-electron chi connectivity index (χ2n) is 3.02. The first-order valence-electron chi connectivity index (χ1n) is 3.76. The van der Waals surface area contributed by atoms with E-state index in [1.165, 1.54) is 6.20 Å². The van der Waals surface area contributed by atoms with Gasteiger partial charge in [-0.15, -0.1) is 0 Å². The molecule has 0 aliphatic heterocycles. The number of aromatic nitrogens is 2. The molecule has 0 fully saturated rings. The molecule has 4 nitrogen and oxygen atoms in total. The summed E-state index contributed by atoms with van der Waals surface area (Å²) in [6.07, 6.45) is 2.46. The molecule has 0 saturated heterocycles. The number of rotatable bonds is 3. The molecule has 0 bridgehead atoms. The fourth-order valence-corrected chi connectivity index (χ4v) is 0.791. The average Bonchev–Trinajstić information content (AvgIpc) is 2.31. The fourth-order valence-electron chi connectivity index (χ4n) is 0.791. The van der Waals surface area contributed by atoms with Crippen molar-refractivity contribution >= 4 is 0 Å². The minimum Gasteiger partial charge on any atom is -0.284 e. The lowest BCUT2D eigenvalue weighted by Crippen LogP contribution is -2.35. The number of hydrogen-bond acceptors (Lipinski definition) is 2. The zero-order valence-electron chi connectivity index (χ0n) is 6.83. The maximum atomic E-state index is 10.5. The summed E-state index contributed by atoms with van der Waals surface area (Å²) in [4.78, 5) is 10.5. The van der Waals surface area contributed by atoms with E-state index in [-0.39, 0.29) is 5.63 Å². The van der Waals surface area contributed by atoms with Crippen molar-refractivity contribution in [2.45, 2.75) is 26.8 Å². The van der Waals surface area contributed by atoms with Crippen molar-refractivity contribution in [2.75, 3.05) is 0 Å². The minimum absolute atomic E-state index is 0.325. The van der Waals surface area contributed by atoms with Crippen molar-refractivity contribution < 1.29 is 9.20 Å². The molecule has 1 heterocycles. The van der Waals surface area contributed by atoms with Gasteiger partial charge in [0.2, 0.25) is 0 Å². The summed E-state index contributed by atoms with van der Waals surface area (Å²) in [7, 11) is 0. The zero-order chi connectivity index (χ0) is 8.27. The average molecular weight is 157 g/mol. The van der Waals surface area contributed by atoms with Crippen molar-refractivity contribution in [3.63, 3.8) is 0 Å². The van der Waals surface area contributed by atoms with Crippen molar-refractivity contribution in [3.05, 3.63) is 16.6 Å². The Hall–Kier alpha value is -1.06. The Morgan fingerprint density at radius 2 is 2.45 bits per heavy atom. The highest BCUT2D eigenvalue weighted by Gasteiger charge is 2.05. The van der Waals surface area contributed by atoms with Crippen LogP contribution in [0.15, 0.2) is 15.5 Å². The van der Waals surface area contributed by atoms with Crippen LogP contribution in [0.2, 0.25) is 0 Å². The predicted molar refractivity (Wildman–Crippen MR) is 39.0 cm³/mol. The zero-order valence-corrected chi connectivity index (χ0v) is 6.83. The van der Waals surface area contributed by atoms with Gasteiger partial charge in [-0.2, -0.15) is 0 Å². The quantitative estimate of drug-likeness (QED) is 0.641. The predicted octanol–water partition coefficient (Wildman–Crippen LogP) is 0.301. The molecular formula is C7H13N2O2+. The molecule has 62 valence electrons. The summed E-state index contributed by atoms with van der Waals surface area (Å²) in [6, 6.07) is 0. The lowest BCUT2D eigenvalue weighted by atomic mass is 10.1. The van der Waals surface area contributed by atoms with Crippen LogP contribution in [0.3, 0.4) is 0 Å². The Labute approximate surface area is 64.8 Å². The highest BCUT2D eigenvalue weighted by Crippen LogP contribution is 1.96. The monoisotopic (exact) mass is 157 g/mol. The minimum atomic E-state index is -0.325. The van der Waals surface area contributed by atoms with Gasteiger partial charge in [0, 0.05) is 6.42 Å². The van der Waals surface area contributed by atoms with Gasteiger partial charge in [0.15, 0.2) is 6.54 Å². The van der Waals surface area contributed by atoms with Crippen molar-refractivity contribution in [3.8, 4) is 0 Å². The Morgan fingerprint density at radius 3 is 2.91 bits per heavy atom. The third-order valence-corrected chi connectivity index (χ3v) is 1.47. The van der Waals surface area contributed by atoms with Gasteiger partial charge in [0.05, 0.1) is 0 Å². The van der Waals surface area contributed by atoms with E-state index in [9.17, 15) is 4.79 Å². The maximum Gasteiger partial charge on any atom is 0.426 e. The van der Waals surface area contributed by atoms with E-state index in [0.717, 1.165) is 13.0 Å². The molecule has 0 aliphatic carbocycles. The molecule has 0 aliphatic rings. The Balaban J connectivity index is 2.45. The van der Waals surface area contributed by atoms with Gasteiger partial charge in [-0.05, 0) is 11.2 Å². The molecule has 0 atom stereocenters. The Morgan fingerprint density at radius 1 is 1.73 bits per heavy atom. The molecule has 1 N–H and O–H groups in total. The molecule has 0 radical (unpaired) electrons. The first-order valence-corrected chi connectivity index (χ1v) is 3.76. The van der Waals surface area contributed by atoms with E-state index in [1.54, 1.807) is 4.68 Å². The lowest BCUT2D eigenvalue weighted by Gasteiger charge is -1.95. The molecule has 0 unspecified atom stereocenters. The van der Waals surface area contributed by atoms with Gasteiger partial charge in [-0.25, -0.2) is 4.79 Å². The first kappa shape index (κ1) is 8.04. The molecule has 11 heavy (non-hydrogen) atoms. The first-order chi connectivity index (χ1) is 5.18. The van der Waals surface area contributed by atoms with Gasteiger partial charge in [0.1, 0.15) is 0 Å². The lowest BCUT2D eigenvalue weighted by molar-refractivity contribution is -0.763. The molecule has 0 saturated carbocycles. The summed E-state index contributed by atoms with van der Waals surface area (Å²) in [5.41, 5.74) is -0.325. The Bertz CT molecular complexity index is 261. The second kappa shape index (κ2) is 3.37. The number of H-pyrrole nitrogens is 1. The number of nitrogens with one attached hydrogen (secondary N) is 1. The van der Waals surface area contributed by atoms with Crippen LogP contribution in [0.1, 0.15) is 20.3 Å². The van der Waals surface area contributed by atoms with E-state index >= 15 is 0 Å². The van der Waals surface area contributed by atoms with Gasteiger partial charge >= 0.3 is 5.63 Å². The van der Waals surface area contributed by atoms with Gasteiger partial charge in [0.25, 0.3) is 6.20 Å². The van der Waals surface area contributed by atoms with Gasteiger partial charge in [-0.1, -0.05) is 18.5 Å². The normalized spacial score (nSPS) is 10.8. The highest BCUT2D eigenvalue weighted by atomic mass is 16.5. The van der Waals surface area contributed by atoms with Crippen LogP contribution in [-0.2, 0) is 6.54 Å². The fraction of sp³-hybridized carbons (Fsp3) is 0.714. The van der Waals surface area contributed by atoms with Crippen LogP contribution in [0.5, 0.6) is 0 Å². The maximum absolute atomic E-state index is 10.5. The van der Waals surface area contributed by atoms with E-state index in [4.69, 9.17) is 0 Å². The van der Waals surface area contributed by atoms with Crippen LogP contribution >= 0.6 is 0 Å². The topological polar surface area (TPSA) is 49.9 Å². The molecule has 1 aromatic rings. The van der Waals surface area contributed by atoms with Crippen molar-refractivity contribution in [2.24, 2.45) is 5.92 Å². The summed E-state index contributed by atoms with van der Waals surface area (Å²) in [5.74, 6) is 0.640. The third kappa shape index (κ3) is 2.57. The van der Waals surface area contributed by atoms with Crippen LogP contribution in [0.4, 0.5) is 0 Å². The van der Waals surface area contributed by atoms with Crippen LogP contribution < -0.4 is 10.3 Å². The van der Waals surface area contributed by atoms with E-state index in [1.807, 2.05) is 0 Å². The van der Waals surface area contributed by atoms with Crippen LogP contribution in [-0.4, -0.2) is 5.27 Å². The summed E-state index contributed by atoms with van der Waals surface area (Å²) in [5, 5.41) is 2.49. The van der Waals surface area contributed by atoms with Gasteiger partial charge < -0.3 is 0 Å². The summed E-state index contributed by atoms with van der Waals surface area (Å²) >= 11 is 0. The molecular weight excluding hydrogens is 144 g/mol. The number of aromatic amines is 1. The van der Waals surface area contributed by atoms with E-state index in [0.29, 0.717) is 5.92 Å². The van der Waals surface area contributed by atoms with Crippen molar-refractivity contribution in [1.29, 1.82) is 0 Å².